The molecule has 0 bridgehead atoms. The maximum Gasteiger partial charge on any atom is 0.0297 e. The molecule has 0 aromatic heterocycles. The van der Waals surface area contributed by atoms with E-state index in [9.17, 15) is 0 Å². The second-order valence-corrected chi connectivity index (χ2v) is 7.09. The number of aryl methyl sites for hydroxylation is 3. The van der Waals surface area contributed by atoms with Crippen LogP contribution < -0.4 is 5.32 Å². The van der Waals surface area contributed by atoms with Crippen LogP contribution in [-0.4, -0.2) is 30.1 Å². The average molecular weight is 288 g/mol. The van der Waals surface area contributed by atoms with E-state index < -0.39 is 0 Å². The second-order valence-electron chi connectivity index (χ2n) is 7.09. The van der Waals surface area contributed by atoms with Crippen LogP contribution in [0, 0.1) is 20.8 Å². The minimum atomic E-state index is 0.444. The molecule has 1 unspecified atom stereocenters. The smallest absolute Gasteiger partial charge is 0.0297 e. The van der Waals surface area contributed by atoms with Gasteiger partial charge in [0, 0.05) is 18.1 Å². The van der Waals surface area contributed by atoms with E-state index in [1.165, 1.54) is 48.2 Å². The minimum absolute atomic E-state index is 0.444. The molecular formula is C19H32N2. The van der Waals surface area contributed by atoms with Crippen LogP contribution in [0.5, 0.6) is 0 Å². The number of hydrogen-bond donors (Lipinski definition) is 1. The molecule has 2 heteroatoms. The Labute approximate surface area is 130 Å². The van der Waals surface area contributed by atoms with Crippen molar-refractivity contribution in [2.75, 3.05) is 13.1 Å². The fourth-order valence-electron chi connectivity index (χ4n) is 3.48. The Balaban J connectivity index is 1.96. The molecule has 1 atom stereocenters. The SMILES string of the molecule is Cc1cc(C)c(C(C)NC2CCN(C(C)C)CC2)cc1C. The Morgan fingerprint density at radius 1 is 0.952 bits per heavy atom. The largest absolute Gasteiger partial charge is 0.307 e. The molecule has 1 fully saturated rings. The van der Waals surface area contributed by atoms with Gasteiger partial charge in [0.05, 0.1) is 0 Å². The van der Waals surface area contributed by atoms with Gasteiger partial charge >= 0.3 is 0 Å². The molecule has 1 aromatic carbocycles. The Morgan fingerprint density at radius 3 is 2.10 bits per heavy atom. The third kappa shape index (κ3) is 4.08. The first-order valence-electron chi connectivity index (χ1n) is 8.46. The van der Waals surface area contributed by atoms with Gasteiger partial charge in [0.1, 0.15) is 0 Å². The van der Waals surface area contributed by atoms with Crippen molar-refractivity contribution in [1.82, 2.24) is 10.2 Å². The van der Waals surface area contributed by atoms with Crippen LogP contribution in [0.1, 0.15) is 61.9 Å². The van der Waals surface area contributed by atoms with Crippen molar-refractivity contribution in [1.29, 1.82) is 0 Å². The summed E-state index contributed by atoms with van der Waals surface area (Å²) in [7, 11) is 0. The molecule has 1 N–H and O–H groups in total. The zero-order valence-electron chi connectivity index (χ0n) is 14.7. The highest BCUT2D eigenvalue weighted by molar-refractivity contribution is 5.38. The van der Waals surface area contributed by atoms with Gasteiger partial charge in [0.25, 0.3) is 0 Å². The molecule has 0 radical (unpaired) electrons. The molecule has 1 heterocycles. The monoisotopic (exact) mass is 288 g/mol. The number of benzene rings is 1. The average Bonchev–Trinajstić information content (AvgIpc) is 2.43. The summed E-state index contributed by atoms with van der Waals surface area (Å²) in [6.07, 6.45) is 2.54. The van der Waals surface area contributed by atoms with Gasteiger partial charge in [-0.2, -0.15) is 0 Å². The second kappa shape index (κ2) is 6.93. The van der Waals surface area contributed by atoms with Gasteiger partial charge in [-0.15, -0.1) is 0 Å². The normalized spacial score (nSPS) is 19.2. The first kappa shape index (κ1) is 16.5. The van der Waals surface area contributed by atoms with Crippen LogP contribution in [0.15, 0.2) is 12.1 Å². The van der Waals surface area contributed by atoms with Gasteiger partial charge < -0.3 is 10.2 Å². The van der Waals surface area contributed by atoms with E-state index in [-0.39, 0.29) is 0 Å². The fraction of sp³-hybridized carbons (Fsp3) is 0.684. The van der Waals surface area contributed by atoms with Crippen molar-refractivity contribution in [2.24, 2.45) is 0 Å². The van der Waals surface area contributed by atoms with Crippen LogP contribution in [0.2, 0.25) is 0 Å². The fourth-order valence-corrected chi connectivity index (χ4v) is 3.48. The van der Waals surface area contributed by atoms with Crippen molar-refractivity contribution in [3.63, 3.8) is 0 Å². The molecule has 1 aromatic rings. The molecule has 0 amide bonds. The van der Waals surface area contributed by atoms with Crippen molar-refractivity contribution >= 4 is 0 Å². The lowest BCUT2D eigenvalue weighted by Gasteiger charge is -2.36. The molecule has 1 aliphatic rings. The topological polar surface area (TPSA) is 15.3 Å². The third-order valence-corrected chi connectivity index (χ3v) is 5.09. The minimum Gasteiger partial charge on any atom is -0.307 e. The molecule has 2 rings (SSSR count). The molecular weight excluding hydrogens is 256 g/mol. The Kier molecular flexibility index (Phi) is 5.45. The number of likely N-dealkylation sites (tertiary alicyclic amines) is 1. The summed E-state index contributed by atoms with van der Waals surface area (Å²) < 4.78 is 0. The summed E-state index contributed by atoms with van der Waals surface area (Å²) >= 11 is 0. The lowest BCUT2D eigenvalue weighted by Crippen LogP contribution is -2.45. The van der Waals surface area contributed by atoms with Crippen molar-refractivity contribution in [3.8, 4) is 0 Å². The predicted octanol–water partition coefficient (Wildman–Crippen LogP) is 4.14. The van der Waals surface area contributed by atoms with E-state index in [4.69, 9.17) is 0 Å². The van der Waals surface area contributed by atoms with Gasteiger partial charge in [0.2, 0.25) is 0 Å². The summed E-state index contributed by atoms with van der Waals surface area (Å²) in [5.41, 5.74) is 5.68. The number of hydrogen-bond acceptors (Lipinski definition) is 2. The van der Waals surface area contributed by atoms with Crippen molar-refractivity contribution < 1.29 is 0 Å². The van der Waals surface area contributed by atoms with E-state index in [0.717, 1.165) is 0 Å². The van der Waals surface area contributed by atoms with Gasteiger partial charge in [0.15, 0.2) is 0 Å². The van der Waals surface area contributed by atoms with Crippen LogP contribution in [-0.2, 0) is 0 Å². The van der Waals surface area contributed by atoms with Crippen LogP contribution in [0.4, 0.5) is 0 Å². The Morgan fingerprint density at radius 2 is 1.52 bits per heavy atom. The summed E-state index contributed by atoms with van der Waals surface area (Å²) in [5, 5.41) is 3.86. The lowest BCUT2D eigenvalue weighted by molar-refractivity contribution is 0.157. The van der Waals surface area contributed by atoms with Crippen LogP contribution >= 0.6 is 0 Å². The highest BCUT2D eigenvalue weighted by atomic mass is 15.2. The standard InChI is InChI=1S/C19H32N2/c1-13(2)21-9-7-18(8-10-21)20-17(6)19-12-15(4)14(3)11-16(19)5/h11-13,17-18,20H,7-10H2,1-6H3. The van der Waals surface area contributed by atoms with Crippen LogP contribution in [0.3, 0.4) is 0 Å². The number of piperidine rings is 1. The number of rotatable bonds is 4. The highest BCUT2D eigenvalue weighted by Crippen LogP contribution is 2.23. The summed E-state index contributed by atoms with van der Waals surface area (Å²) in [5.74, 6) is 0. The molecule has 0 spiro atoms. The zero-order valence-corrected chi connectivity index (χ0v) is 14.7. The molecule has 1 aliphatic heterocycles. The summed E-state index contributed by atoms with van der Waals surface area (Å²) in [6, 6.07) is 6.48. The first-order valence-corrected chi connectivity index (χ1v) is 8.46. The third-order valence-electron chi connectivity index (χ3n) is 5.09. The summed E-state index contributed by atoms with van der Waals surface area (Å²) in [4.78, 5) is 2.59. The van der Waals surface area contributed by atoms with Gasteiger partial charge in [-0.1, -0.05) is 12.1 Å². The van der Waals surface area contributed by atoms with Crippen LogP contribution in [0.25, 0.3) is 0 Å². The van der Waals surface area contributed by atoms with E-state index in [1.807, 2.05) is 0 Å². The Hall–Kier alpha value is -0.860. The van der Waals surface area contributed by atoms with Gasteiger partial charge in [-0.05, 0) is 89.7 Å². The molecule has 21 heavy (non-hydrogen) atoms. The maximum absolute atomic E-state index is 3.86. The molecule has 118 valence electrons. The van der Waals surface area contributed by atoms with Gasteiger partial charge in [-0.3, -0.25) is 0 Å². The predicted molar refractivity (Wildman–Crippen MR) is 91.9 cm³/mol. The van der Waals surface area contributed by atoms with Gasteiger partial charge in [-0.25, -0.2) is 0 Å². The molecule has 0 aliphatic carbocycles. The van der Waals surface area contributed by atoms with E-state index >= 15 is 0 Å². The van der Waals surface area contributed by atoms with E-state index in [1.54, 1.807) is 0 Å². The number of nitrogens with one attached hydrogen (secondary N) is 1. The molecule has 0 saturated carbocycles. The first-order chi connectivity index (χ1) is 9.88. The molecule has 1 saturated heterocycles. The zero-order chi connectivity index (χ0) is 15.6. The highest BCUT2D eigenvalue weighted by Gasteiger charge is 2.22. The number of nitrogens with zero attached hydrogens (tertiary/aromatic N) is 1. The Bertz CT molecular complexity index is 471. The van der Waals surface area contributed by atoms with E-state index in [0.29, 0.717) is 18.1 Å². The maximum atomic E-state index is 3.86. The molecule has 2 nitrogen and oxygen atoms in total. The van der Waals surface area contributed by atoms with Crippen molar-refractivity contribution in [3.05, 3.63) is 34.4 Å². The lowest BCUT2D eigenvalue weighted by atomic mass is 9.95. The summed E-state index contributed by atoms with van der Waals surface area (Å²) in [6.45, 7) is 16.0. The van der Waals surface area contributed by atoms with Crippen molar-refractivity contribution in [2.45, 2.75) is 72.5 Å². The van der Waals surface area contributed by atoms with E-state index in [2.05, 4.69) is 63.9 Å². The quantitative estimate of drug-likeness (QED) is 0.896.